The molecule has 1 aromatic rings. The summed E-state index contributed by atoms with van der Waals surface area (Å²) in [4.78, 5) is 29.3. The van der Waals surface area contributed by atoms with Crippen molar-refractivity contribution in [2.24, 2.45) is 5.92 Å². The Morgan fingerprint density at radius 3 is 1.67 bits per heavy atom. The number of nitrogens with zero attached hydrogens (tertiary/aromatic N) is 1. The minimum atomic E-state index is -0.0543. The van der Waals surface area contributed by atoms with Gasteiger partial charge in [0.05, 0.1) is 11.1 Å². The summed E-state index contributed by atoms with van der Waals surface area (Å²) in [5, 5.41) is 0. The van der Waals surface area contributed by atoms with Crippen molar-refractivity contribution in [2.75, 3.05) is 6.54 Å². The summed E-state index contributed by atoms with van der Waals surface area (Å²) in [5.74, 6) is 0.340. The van der Waals surface area contributed by atoms with E-state index in [9.17, 15) is 9.59 Å². The van der Waals surface area contributed by atoms with Crippen molar-refractivity contribution in [3.05, 3.63) is 20.9 Å². The third kappa shape index (κ3) is 5.66. The zero-order chi connectivity index (χ0) is 19.8. The Bertz CT molecular complexity index is 598. The molecule has 1 aliphatic heterocycles. The Labute approximate surface area is 169 Å². The van der Waals surface area contributed by atoms with Crippen molar-refractivity contribution in [2.45, 2.75) is 98.3 Å². The molecule has 152 valence electrons. The molecule has 2 rings (SSSR count). The van der Waals surface area contributed by atoms with Gasteiger partial charge in [-0.1, -0.05) is 71.6 Å². The Balaban J connectivity index is 1.97. The molecule has 0 radical (unpaired) electrons. The Kier molecular flexibility index (Phi) is 9.01. The van der Waals surface area contributed by atoms with Gasteiger partial charge in [0, 0.05) is 16.3 Å². The number of thiophene rings is 1. The molecule has 1 atom stereocenters. The van der Waals surface area contributed by atoms with Gasteiger partial charge in [0.2, 0.25) is 0 Å². The topological polar surface area (TPSA) is 37.4 Å². The van der Waals surface area contributed by atoms with Crippen LogP contribution in [0.3, 0.4) is 0 Å². The van der Waals surface area contributed by atoms with Crippen LogP contribution in [-0.2, 0) is 0 Å². The molecule has 0 aliphatic carbocycles. The monoisotopic (exact) mass is 391 g/mol. The summed E-state index contributed by atoms with van der Waals surface area (Å²) in [6.07, 6.45) is 13.6. The summed E-state index contributed by atoms with van der Waals surface area (Å²) in [7, 11) is 0. The number of hydrogen-bond acceptors (Lipinski definition) is 3. The molecule has 0 N–H and O–H groups in total. The van der Waals surface area contributed by atoms with Gasteiger partial charge in [0.15, 0.2) is 0 Å². The van der Waals surface area contributed by atoms with Gasteiger partial charge >= 0.3 is 0 Å². The van der Waals surface area contributed by atoms with Gasteiger partial charge in [-0.2, -0.15) is 0 Å². The molecular formula is C23H37NO2S. The number of carbonyl (C=O) groups excluding carboxylic acids is 2. The van der Waals surface area contributed by atoms with E-state index in [1.54, 1.807) is 16.2 Å². The highest BCUT2D eigenvalue weighted by Gasteiger charge is 2.40. The van der Waals surface area contributed by atoms with Crippen LogP contribution in [-0.4, -0.2) is 23.3 Å². The molecule has 27 heavy (non-hydrogen) atoms. The molecule has 0 bridgehead atoms. The number of aryl methyl sites for hydroxylation is 2. The SMILES string of the molecule is CCCCCCCC(CCCCCC)CN1C(=O)c2c(C)sc(C)c2C1=O. The van der Waals surface area contributed by atoms with E-state index in [1.807, 2.05) is 13.8 Å². The van der Waals surface area contributed by atoms with Crippen LogP contribution in [0.2, 0.25) is 0 Å². The van der Waals surface area contributed by atoms with Crippen LogP contribution in [0.25, 0.3) is 0 Å². The maximum Gasteiger partial charge on any atom is 0.262 e. The van der Waals surface area contributed by atoms with Crippen LogP contribution < -0.4 is 0 Å². The molecule has 4 heteroatoms. The first-order chi connectivity index (χ1) is 13.0. The van der Waals surface area contributed by atoms with Crippen LogP contribution in [0.5, 0.6) is 0 Å². The highest BCUT2D eigenvalue weighted by Crippen LogP contribution is 2.35. The van der Waals surface area contributed by atoms with E-state index in [0.717, 1.165) is 22.6 Å². The molecule has 0 spiro atoms. The summed E-state index contributed by atoms with van der Waals surface area (Å²) in [5.41, 5.74) is 1.35. The average Bonchev–Trinajstić information content (AvgIpc) is 3.07. The fourth-order valence-electron chi connectivity index (χ4n) is 4.21. The molecule has 0 fully saturated rings. The second-order valence-corrected chi connectivity index (χ2v) is 9.53. The lowest BCUT2D eigenvalue weighted by atomic mass is 9.93. The first-order valence-corrected chi connectivity index (χ1v) is 11.8. The predicted octanol–water partition coefficient (Wildman–Crippen LogP) is 6.91. The van der Waals surface area contributed by atoms with Gasteiger partial charge in [0.25, 0.3) is 11.8 Å². The summed E-state index contributed by atoms with van der Waals surface area (Å²) in [6.45, 7) is 9.00. The first kappa shape index (κ1) is 22.1. The van der Waals surface area contributed by atoms with Gasteiger partial charge in [0.1, 0.15) is 0 Å². The van der Waals surface area contributed by atoms with E-state index in [4.69, 9.17) is 0 Å². The lowest BCUT2D eigenvalue weighted by molar-refractivity contribution is 0.0621. The minimum Gasteiger partial charge on any atom is -0.274 e. The van der Waals surface area contributed by atoms with Gasteiger partial charge in [-0.25, -0.2) is 0 Å². The Hall–Kier alpha value is -1.16. The standard InChI is InChI=1S/C23H37NO2S/c1-5-7-9-11-13-15-19(14-12-10-8-6-2)16-24-22(25)20-17(3)27-18(4)21(20)23(24)26/h19H,5-16H2,1-4H3. The number of imide groups is 1. The number of fused-ring (bicyclic) bond motifs is 1. The predicted molar refractivity (Wildman–Crippen MR) is 115 cm³/mol. The molecule has 1 aromatic heterocycles. The van der Waals surface area contributed by atoms with E-state index in [-0.39, 0.29) is 11.8 Å². The van der Waals surface area contributed by atoms with Crippen LogP contribution in [0, 0.1) is 19.8 Å². The van der Waals surface area contributed by atoms with Crippen molar-refractivity contribution in [3.8, 4) is 0 Å². The molecular weight excluding hydrogens is 354 g/mol. The van der Waals surface area contributed by atoms with Crippen LogP contribution in [0.1, 0.15) is 115 Å². The number of rotatable bonds is 13. The van der Waals surface area contributed by atoms with E-state index < -0.39 is 0 Å². The molecule has 1 unspecified atom stereocenters. The molecule has 1 aliphatic rings. The number of carbonyl (C=O) groups is 2. The van der Waals surface area contributed by atoms with E-state index in [1.165, 1.54) is 57.8 Å². The second-order valence-electron chi connectivity index (χ2n) is 8.10. The lowest BCUT2D eigenvalue weighted by Gasteiger charge is -2.23. The zero-order valence-corrected chi connectivity index (χ0v) is 18.6. The molecule has 3 nitrogen and oxygen atoms in total. The Morgan fingerprint density at radius 1 is 0.741 bits per heavy atom. The number of amides is 2. The summed E-state index contributed by atoms with van der Waals surface area (Å²) < 4.78 is 0. The fraction of sp³-hybridized carbons (Fsp3) is 0.739. The summed E-state index contributed by atoms with van der Waals surface area (Å²) >= 11 is 1.57. The van der Waals surface area contributed by atoms with Gasteiger partial charge in [-0.3, -0.25) is 14.5 Å². The zero-order valence-electron chi connectivity index (χ0n) is 17.7. The third-order valence-corrected chi connectivity index (χ3v) is 6.82. The average molecular weight is 392 g/mol. The van der Waals surface area contributed by atoms with Crippen molar-refractivity contribution in [1.82, 2.24) is 4.90 Å². The maximum atomic E-state index is 12.9. The van der Waals surface area contributed by atoms with Crippen molar-refractivity contribution >= 4 is 23.2 Å². The molecule has 0 saturated heterocycles. The van der Waals surface area contributed by atoms with Gasteiger partial charge < -0.3 is 0 Å². The fourth-order valence-corrected chi connectivity index (χ4v) is 5.25. The molecule has 0 saturated carbocycles. The van der Waals surface area contributed by atoms with E-state index in [2.05, 4.69) is 13.8 Å². The minimum absolute atomic E-state index is 0.0543. The number of unbranched alkanes of at least 4 members (excludes halogenated alkanes) is 7. The molecule has 2 amide bonds. The van der Waals surface area contributed by atoms with Crippen molar-refractivity contribution < 1.29 is 9.59 Å². The lowest BCUT2D eigenvalue weighted by Crippen LogP contribution is -2.35. The van der Waals surface area contributed by atoms with Crippen molar-refractivity contribution in [1.29, 1.82) is 0 Å². The van der Waals surface area contributed by atoms with Gasteiger partial charge in [-0.15, -0.1) is 11.3 Å². The van der Waals surface area contributed by atoms with E-state index >= 15 is 0 Å². The highest BCUT2D eigenvalue weighted by atomic mass is 32.1. The quantitative estimate of drug-likeness (QED) is 0.271. The molecule has 2 heterocycles. The van der Waals surface area contributed by atoms with Crippen LogP contribution in [0.4, 0.5) is 0 Å². The largest absolute Gasteiger partial charge is 0.274 e. The first-order valence-electron chi connectivity index (χ1n) is 11.0. The smallest absolute Gasteiger partial charge is 0.262 e. The van der Waals surface area contributed by atoms with Crippen molar-refractivity contribution in [3.63, 3.8) is 0 Å². The van der Waals surface area contributed by atoms with Gasteiger partial charge in [-0.05, 0) is 32.6 Å². The number of hydrogen-bond donors (Lipinski definition) is 0. The van der Waals surface area contributed by atoms with Crippen LogP contribution >= 0.6 is 11.3 Å². The maximum absolute atomic E-state index is 12.9. The Morgan fingerprint density at radius 2 is 1.19 bits per heavy atom. The normalized spacial score (nSPS) is 14.9. The third-order valence-electron chi connectivity index (χ3n) is 5.80. The molecule has 0 aromatic carbocycles. The van der Waals surface area contributed by atoms with E-state index in [0.29, 0.717) is 23.6 Å². The van der Waals surface area contributed by atoms with Crippen LogP contribution in [0.15, 0.2) is 0 Å². The highest BCUT2D eigenvalue weighted by molar-refractivity contribution is 7.12. The summed E-state index contributed by atoms with van der Waals surface area (Å²) in [6, 6.07) is 0. The second kappa shape index (κ2) is 11.0.